The van der Waals surface area contributed by atoms with Crippen molar-refractivity contribution in [3.63, 3.8) is 0 Å². The summed E-state index contributed by atoms with van der Waals surface area (Å²) in [6, 6.07) is 29.6. The zero-order valence-electron chi connectivity index (χ0n) is 30.5. The predicted octanol–water partition coefficient (Wildman–Crippen LogP) is 7.24. The summed E-state index contributed by atoms with van der Waals surface area (Å²) in [7, 11) is 3.35. The number of benzene rings is 4. The number of aromatic nitrogens is 1. The third-order valence-electron chi connectivity index (χ3n) is 10.5. The quantitative estimate of drug-likeness (QED) is 0.182. The lowest BCUT2D eigenvalue weighted by Crippen LogP contribution is -2.43. The molecule has 3 amide bonds. The molecule has 2 aliphatic rings. The molecular weight excluding hydrogens is 668 g/mol. The topological polar surface area (TPSA) is 105 Å². The molecule has 0 unspecified atom stereocenters. The summed E-state index contributed by atoms with van der Waals surface area (Å²) >= 11 is 0. The number of nitrogens with zero attached hydrogens (tertiary/aromatic N) is 4. The summed E-state index contributed by atoms with van der Waals surface area (Å²) in [5, 5.41) is 9.83. The number of fused-ring (bicyclic) bond motifs is 2. The molecule has 0 saturated carbocycles. The predicted molar refractivity (Wildman–Crippen MR) is 203 cm³/mol. The minimum Gasteiger partial charge on any atom is -0.508 e. The third kappa shape index (κ3) is 7.15. The molecule has 1 atom stereocenters. The Balaban J connectivity index is 1.31. The minimum absolute atomic E-state index is 0.0447. The second-order valence-electron chi connectivity index (χ2n) is 13.8. The maximum absolute atomic E-state index is 14.9. The van der Waals surface area contributed by atoms with Crippen molar-refractivity contribution < 1.29 is 29.0 Å². The van der Waals surface area contributed by atoms with Gasteiger partial charge in [0.25, 0.3) is 11.8 Å². The Bertz CT molecular complexity index is 2160. The van der Waals surface area contributed by atoms with E-state index in [2.05, 4.69) is 29.7 Å². The first-order valence-corrected chi connectivity index (χ1v) is 17.9. The lowest BCUT2D eigenvalue weighted by atomic mass is 9.90. The van der Waals surface area contributed by atoms with Gasteiger partial charge in [-0.05, 0) is 104 Å². The van der Waals surface area contributed by atoms with E-state index in [1.165, 1.54) is 5.56 Å². The highest BCUT2D eigenvalue weighted by atomic mass is 16.6. The van der Waals surface area contributed by atoms with Crippen LogP contribution in [0.1, 0.15) is 55.6 Å². The Kier molecular flexibility index (Phi) is 10.1. The van der Waals surface area contributed by atoms with Gasteiger partial charge in [0.1, 0.15) is 11.5 Å². The molecule has 0 saturated heterocycles. The fourth-order valence-electron chi connectivity index (χ4n) is 7.44. The van der Waals surface area contributed by atoms with Gasteiger partial charge >= 0.3 is 6.09 Å². The molecule has 3 heterocycles. The van der Waals surface area contributed by atoms with E-state index in [1.54, 1.807) is 60.4 Å². The number of anilines is 1. The van der Waals surface area contributed by atoms with Gasteiger partial charge in [-0.1, -0.05) is 42.5 Å². The van der Waals surface area contributed by atoms with Crippen LogP contribution >= 0.6 is 0 Å². The van der Waals surface area contributed by atoms with Gasteiger partial charge in [0, 0.05) is 74.6 Å². The van der Waals surface area contributed by atoms with Crippen molar-refractivity contribution in [1.29, 1.82) is 0 Å². The molecule has 0 bridgehead atoms. The summed E-state index contributed by atoms with van der Waals surface area (Å²) in [5.74, 6) is 0.263. The summed E-state index contributed by atoms with van der Waals surface area (Å²) < 4.78 is 13.2. The Morgan fingerprint density at radius 2 is 1.57 bits per heavy atom. The molecular formula is C43H44N4O6. The number of amides is 3. The van der Waals surface area contributed by atoms with E-state index >= 15 is 0 Å². The van der Waals surface area contributed by atoms with Gasteiger partial charge in [-0.2, -0.15) is 0 Å². The van der Waals surface area contributed by atoms with Crippen molar-refractivity contribution >= 4 is 23.6 Å². The van der Waals surface area contributed by atoms with Gasteiger partial charge in [-0.15, -0.1) is 0 Å². The summed E-state index contributed by atoms with van der Waals surface area (Å²) in [5.41, 5.74) is 8.14. The molecule has 272 valence electrons. The maximum atomic E-state index is 14.9. The maximum Gasteiger partial charge on any atom is 0.415 e. The van der Waals surface area contributed by atoms with Crippen LogP contribution in [0.25, 0.3) is 11.3 Å². The van der Waals surface area contributed by atoms with Crippen molar-refractivity contribution in [2.75, 3.05) is 32.2 Å². The van der Waals surface area contributed by atoms with Gasteiger partial charge in [-0.25, -0.2) is 4.79 Å². The second kappa shape index (κ2) is 15.0. The van der Waals surface area contributed by atoms with Gasteiger partial charge in [0.05, 0.1) is 12.2 Å². The SMILES string of the molecule is COCCn1c(-c2cc3c(cc2C(=O)N2Cc4ccccc4C[C@H]2C)CN(C(=O)Oc2ccccc2)CC3)cc(C(=O)N(C)c2ccc(O)cc2)c1C. The van der Waals surface area contributed by atoms with Crippen LogP contribution in [0.3, 0.4) is 0 Å². The average molecular weight is 713 g/mol. The molecule has 0 fully saturated rings. The lowest BCUT2D eigenvalue weighted by molar-refractivity contribution is 0.0658. The number of methoxy groups -OCH3 is 1. The summed E-state index contributed by atoms with van der Waals surface area (Å²) in [6.07, 6.45) is 0.874. The van der Waals surface area contributed by atoms with Crippen molar-refractivity contribution in [2.24, 2.45) is 0 Å². The number of aromatic hydroxyl groups is 1. The van der Waals surface area contributed by atoms with Gasteiger partial charge in [0.15, 0.2) is 0 Å². The number of para-hydroxylation sites is 1. The molecule has 4 aromatic carbocycles. The number of rotatable bonds is 8. The number of carbonyl (C=O) groups excluding carboxylic acids is 3. The van der Waals surface area contributed by atoms with Crippen LogP contribution in [0.5, 0.6) is 11.5 Å². The standard InChI is InChI=1S/C43H44N4O6/c1-28-22-30-10-8-9-11-32(30)27-47(28)42(50)39-24-33-26-45(43(51)53-36-12-6-5-7-13-36)19-18-31(33)23-38(39)40-25-37(29(2)46(40)20-21-52-4)41(49)44(3)34-14-16-35(48)17-15-34/h5-17,23-25,28,48H,18-22,26-27H2,1-4H3/t28-/m1/s1. The van der Waals surface area contributed by atoms with E-state index in [0.717, 1.165) is 40.1 Å². The number of hydrogen-bond acceptors (Lipinski definition) is 6. The Morgan fingerprint density at radius 3 is 2.30 bits per heavy atom. The van der Waals surface area contributed by atoms with Crippen LogP contribution in [0, 0.1) is 6.92 Å². The first-order valence-electron chi connectivity index (χ1n) is 17.9. The van der Waals surface area contributed by atoms with Crippen molar-refractivity contribution in [3.05, 3.63) is 136 Å². The monoisotopic (exact) mass is 712 g/mol. The smallest absolute Gasteiger partial charge is 0.415 e. The zero-order valence-corrected chi connectivity index (χ0v) is 30.5. The van der Waals surface area contributed by atoms with E-state index in [-0.39, 0.29) is 23.6 Å². The van der Waals surface area contributed by atoms with Gasteiger partial charge < -0.3 is 33.8 Å². The van der Waals surface area contributed by atoms with Crippen molar-refractivity contribution in [3.8, 4) is 22.8 Å². The Hall–Kier alpha value is -5.87. The highest BCUT2D eigenvalue weighted by Gasteiger charge is 2.33. The first-order chi connectivity index (χ1) is 25.6. The lowest BCUT2D eigenvalue weighted by Gasteiger charge is -2.36. The third-order valence-corrected chi connectivity index (χ3v) is 10.5. The van der Waals surface area contributed by atoms with Crippen LogP contribution in [0.4, 0.5) is 10.5 Å². The summed E-state index contributed by atoms with van der Waals surface area (Å²) in [4.78, 5) is 47.5. The van der Waals surface area contributed by atoms with Crippen LogP contribution in [-0.2, 0) is 37.2 Å². The van der Waals surface area contributed by atoms with Crippen LogP contribution in [0.2, 0.25) is 0 Å². The molecule has 0 spiro atoms. The number of phenols is 1. The van der Waals surface area contributed by atoms with E-state index in [0.29, 0.717) is 61.8 Å². The van der Waals surface area contributed by atoms with Gasteiger partial charge in [-0.3, -0.25) is 9.59 Å². The van der Waals surface area contributed by atoms with E-state index < -0.39 is 6.09 Å². The zero-order chi connectivity index (χ0) is 37.2. The Labute approximate surface area is 309 Å². The van der Waals surface area contributed by atoms with Crippen LogP contribution < -0.4 is 9.64 Å². The fraction of sp³-hybridized carbons (Fsp3) is 0.279. The largest absolute Gasteiger partial charge is 0.508 e. The average Bonchev–Trinajstić information content (AvgIpc) is 3.50. The van der Waals surface area contributed by atoms with E-state index in [1.807, 2.05) is 54.3 Å². The normalized spacial score (nSPS) is 15.1. The summed E-state index contributed by atoms with van der Waals surface area (Å²) in [6.45, 7) is 6.08. The Morgan fingerprint density at radius 1 is 0.849 bits per heavy atom. The number of carbonyl (C=O) groups is 3. The number of hydrogen-bond donors (Lipinski definition) is 1. The highest BCUT2D eigenvalue weighted by molar-refractivity contribution is 6.08. The molecule has 1 aromatic heterocycles. The van der Waals surface area contributed by atoms with E-state index in [4.69, 9.17) is 9.47 Å². The molecule has 0 radical (unpaired) electrons. The minimum atomic E-state index is -0.440. The molecule has 1 N–H and O–H groups in total. The van der Waals surface area contributed by atoms with Gasteiger partial charge in [0.2, 0.25) is 0 Å². The molecule has 7 rings (SSSR count). The molecule has 10 heteroatoms. The first kappa shape index (κ1) is 35.5. The van der Waals surface area contributed by atoms with Crippen LogP contribution in [0.15, 0.2) is 97.1 Å². The number of ether oxygens (including phenoxy) is 2. The molecule has 53 heavy (non-hydrogen) atoms. The number of phenolic OH excluding ortho intramolecular Hbond substituents is 1. The van der Waals surface area contributed by atoms with E-state index in [9.17, 15) is 19.5 Å². The second-order valence-corrected chi connectivity index (χ2v) is 13.8. The molecule has 5 aromatic rings. The molecule has 10 nitrogen and oxygen atoms in total. The van der Waals surface area contributed by atoms with Crippen molar-refractivity contribution in [2.45, 2.75) is 52.4 Å². The fourth-order valence-corrected chi connectivity index (χ4v) is 7.44. The molecule has 2 aliphatic heterocycles. The molecule has 0 aliphatic carbocycles. The highest BCUT2D eigenvalue weighted by Crippen LogP contribution is 2.36. The van der Waals surface area contributed by atoms with Crippen molar-refractivity contribution in [1.82, 2.24) is 14.4 Å². The van der Waals surface area contributed by atoms with Crippen LogP contribution in [-0.4, -0.2) is 70.7 Å².